The van der Waals surface area contributed by atoms with Crippen LogP contribution in [0.4, 0.5) is 5.69 Å². The largest absolute Gasteiger partial charge is 0.494 e. The number of nitrogens with zero attached hydrogens (tertiary/aromatic N) is 2. The van der Waals surface area contributed by atoms with E-state index in [0.717, 1.165) is 22.8 Å². The van der Waals surface area contributed by atoms with Crippen molar-refractivity contribution < 1.29 is 4.74 Å². The molecule has 0 aliphatic rings. The lowest BCUT2D eigenvalue weighted by atomic mass is 10.2. The predicted molar refractivity (Wildman–Crippen MR) is 93.4 cm³/mol. The summed E-state index contributed by atoms with van der Waals surface area (Å²) in [7, 11) is 1.95. The van der Waals surface area contributed by atoms with Crippen LogP contribution >= 0.6 is 12.2 Å². The molecular formula is C16H22N4OS. The van der Waals surface area contributed by atoms with E-state index < -0.39 is 0 Å². The van der Waals surface area contributed by atoms with Crippen LogP contribution in [0.1, 0.15) is 23.9 Å². The van der Waals surface area contributed by atoms with Gasteiger partial charge in [-0.05, 0) is 57.3 Å². The van der Waals surface area contributed by atoms with Gasteiger partial charge in [-0.15, -0.1) is 0 Å². The molecule has 0 radical (unpaired) electrons. The number of hydrogen-bond acceptors (Lipinski definition) is 3. The Hall–Kier alpha value is -2.08. The number of ether oxygens (including phenoxy) is 1. The SMILES string of the molecule is CCOc1ccc(NC(=S)NCc2c(C)nn(C)c2C)cc1. The molecule has 5 nitrogen and oxygen atoms in total. The lowest BCUT2D eigenvalue weighted by Gasteiger charge is -2.11. The number of benzene rings is 1. The molecule has 118 valence electrons. The molecule has 0 unspecified atom stereocenters. The van der Waals surface area contributed by atoms with E-state index in [2.05, 4.69) is 22.7 Å². The fourth-order valence-electron chi connectivity index (χ4n) is 2.22. The van der Waals surface area contributed by atoms with E-state index in [0.29, 0.717) is 18.3 Å². The summed E-state index contributed by atoms with van der Waals surface area (Å²) in [6.07, 6.45) is 0. The van der Waals surface area contributed by atoms with Gasteiger partial charge < -0.3 is 15.4 Å². The molecule has 0 aliphatic carbocycles. The Morgan fingerprint density at radius 1 is 1.27 bits per heavy atom. The third-order valence-corrected chi connectivity index (χ3v) is 3.75. The van der Waals surface area contributed by atoms with Gasteiger partial charge in [0.2, 0.25) is 0 Å². The smallest absolute Gasteiger partial charge is 0.171 e. The Bertz CT molecular complexity index is 649. The van der Waals surface area contributed by atoms with Gasteiger partial charge in [-0.3, -0.25) is 4.68 Å². The van der Waals surface area contributed by atoms with Gasteiger partial charge in [0.1, 0.15) is 5.75 Å². The summed E-state index contributed by atoms with van der Waals surface area (Å²) >= 11 is 5.33. The van der Waals surface area contributed by atoms with Crippen molar-refractivity contribution in [3.05, 3.63) is 41.2 Å². The maximum absolute atomic E-state index is 5.41. The fourth-order valence-corrected chi connectivity index (χ4v) is 2.41. The second-order valence-corrected chi connectivity index (χ2v) is 5.45. The molecule has 0 saturated heterocycles. The zero-order chi connectivity index (χ0) is 16.1. The van der Waals surface area contributed by atoms with Gasteiger partial charge >= 0.3 is 0 Å². The second kappa shape index (κ2) is 7.26. The fraction of sp³-hybridized carbons (Fsp3) is 0.375. The van der Waals surface area contributed by atoms with Gasteiger partial charge in [-0.1, -0.05) is 0 Å². The van der Waals surface area contributed by atoms with Crippen LogP contribution < -0.4 is 15.4 Å². The molecule has 2 aromatic rings. The second-order valence-electron chi connectivity index (χ2n) is 5.04. The van der Waals surface area contributed by atoms with Crippen LogP contribution in [0, 0.1) is 13.8 Å². The number of anilines is 1. The minimum atomic E-state index is 0.590. The van der Waals surface area contributed by atoms with Crippen LogP contribution in [-0.4, -0.2) is 21.5 Å². The Balaban J connectivity index is 1.90. The highest BCUT2D eigenvalue weighted by molar-refractivity contribution is 7.80. The quantitative estimate of drug-likeness (QED) is 0.830. The van der Waals surface area contributed by atoms with Crippen molar-refractivity contribution in [2.75, 3.05) is 11.9 Å². The average Bonchev–Trinajstić information content (AvgIpc) is 2.72. The summed E-state index contributed by atoms with van der Waals surface area (Å²) < 4.78 is 7.30. The molecule has 22 heavy (non-hydrogen) atoms. The molecule has 0 amide bonds. The van der Waals surface area contributed by atoms with Gasteiger partial charge in [0.15, 0.2) is 5.11 Å². The maximum atomic E-state index is 5.41. The molecule has 0 fully saturated rings. The van der Waals surface area contributed by atoms with E-state index in [9.17, 15) is 0 Å². The van der Waals surface area contributed by atoms with Crippen molar-refractivity contribution in [3.63, 3.8) is 0 Å². The number of thiocarbonyl (C=S) groups is 1. The minimum Gasteiger partial charge on any atom is -0.494 e. The standard InChI is InChI=1S/C16H22N4OS/c1-5-21-14-8-6-13(7-9-14)18-16(22)17-10-15-11(2)19-20(4)12(15)3/h6-9H,5,10H2,1-4H3,(H2,17,18,22). The molecule has 0 spiro atoms. The van der Waals surface area contributed by atoms with Crippen molar-refractivity contribution in [1.82, 2.24) is 15.1 Å². The molecule has 1 aromatic carbocycles. The van der Waals surface area contributed by atoms with E-state index in [-0.39, 0.29) is 0 Å². The summed E-state index contributed by atoms with van der Waals surface area (Å²) in [4.78, 5) is 0. The van der Waals surface area contributed by atoms with Crippen molar-refractivity contribution in [2.45, 2.75) is 27.3 Å². The zero-order valence-electron chi connectivity index (χ0n) is 13.4. The molecule has 0 atom stereocenters. The molecule has 6 heteroatoms. The molecule has 0 saturated carbocycles. The summed E-state index contributed by atoms with van der Waals surface area (Å²) in [6, 6.07) is 7.73. The summed E-state index contributed by atoms with van der Waals surface area (Å²) in [5.74, 6) is 0.855. The Morgan fingerprint density at radius 3 is 2.50 bits per heavy atom. The normalized spacial score (nSPS) is 10.4. The Morgan fingerprint density at radius 2 is 1.95 bits per heavy atom. The van der Waals surface area contributed by atoms with E-state index in [1.54, 1.807) is 0 Å². The van der Waals surface area contributed by atoms with Crippen molar-refractivity contribution in [3.8, 4) is 5.75 Å². The van der Waals surface area contributed by atoms with Gasteiger partial charge in [-0.2, -0.15) is 5.10 Å². The van der Waals surface area contributed by atoms with Crippen molar-refractivity contribution in [2.24, 2.45) is 7.05 Å². The highest BCUT2D eigenvalue weighted by Gasteiger charge is 2.09. The number of aromatic nitrogens is 2. The number of rotatable bonds is 5. The molecule has 2 rings (SSSR count). The summed E-state index contributed by atoms with van der Waals surface area (Å²) in [5, 5.41) is 11.4. The lowest BCUT2D eigenvalue weighted by Crippen LogP contribution is -2.28. The first-order valence-corrected chi connectivity index (χ1v) is 7.69. The zero-order valence-corrected chi connectivity index (χ0v) is 14.3. The Kier molecular flexibility index (Phi) is 5.38. The minimum absolute atomic E-state index is 0.590. The van der Waals surface area contributed by atoms with Gasteiger partial charge in [0, 0.05) is 30.5 Å². The first-order chi connectivity index (χ1) is 10.5. The van der Waals surface area contributed by atoms with Gasteiger partial charge in [-0.25, -0.2) is 0 Å². The van der Waals surface area contributed by atoms with Crippen LogP contribution in [0.25, 0.3) is 0 Å². The third-order valence-electron chi connectivity index (χ3n) is 3.51. The average molecular weight is 318 g/mol. The number of hydrogen-bond donors (Lipinski definition) is 2. The molecular weight excluding hydrogens is 296 g/mol. The van der Waals surface area contributed by atoms with Crippen LogP contribution in [0.2, 0.25) is 0 Å². The number of nitrogens with one attached hydrogen (secondary N) is 2. The van der Waals surface area contributed by atoms with Gasteiger partial charge in [0.25, 0.3) is 0 Å². The van der Waals surface area contributed by atoms with Crippen LogP contribution in [0.3, 0.4) is 0 Å². The summed E-state index contributed by atoms with van der Waals surface area (Å²) in [6.45, 7) is 7.35. The third kappa shape index (κ3) is 3.98. The lowest BCUT2D eigenvalue weighted by molar-refractivity contribution is 0.340. The highest BCUT2D eigenvalue weighted by atomic mass is 32.1. The van der Waals surface area contributed by atoms with Crippen LogP contribution in [0.15, 0.2) is 24.3 Å². The maximum Gasteiger partial charge on any atom is 0.171 e. The molecule has 0 bridgehead atoms. The van der Waals surface area contributed by atoms with Crippen LogP contribution in [0.5, 0.6) is 5.75 Å². The van der Waals surface area contributed by atoms with E-state index in [1.807, 2.05) is 49.8 Å². The van der Waals surface area contributed by atoms with Gasteiger partial charge in [0.05, 0.1) is 12.3 Å². The highest BCUT2D eigenvalue weighted by Crippen LogP contribution is 2.16. The first-order valence-electron chi connectivity index (χ1n) is 7.28. The van der Waals surface area contributed by atoms with Crippen LogP contribution in [-0.2, 0) is 13.6 Å². The first kappa shape index (κ1) is 16.3. The predicted octanol–water partition coefficient (Wildman–Crippen LogP) is 2.92. The van der Waals surface area contributed by atoms with E-state index >= 15 is 0 Å². The van der Waals surface area contributed by atoms with Crippen molar-refractivity contribution in [1.29, 1.82) is 0 Å². The topological polar surface area (TPSA) is 51.1 Å². The molecule has 0 aliphatic heterocycles. The van der Waals surface area contributed by atoms with E-state index in [1.165, 1.54) is 5.56 Å². The summed E-state index contributed by atoms with van der Waals surface area (Å²) in [5.41, 5.74) is 4.28. The number of aryl methyl sites for hydroxylation is 2. The van der Waals surface area contributed by atoms with E-state index in [4.69, 9.17) is 17.0 Å². The molecule has 2 N–H and O–H groups in total. The Labute approximate surface area is 136 Å². The monoisotopic (exact) mass is 318 g/mol. The molecule has 1 aromatic heterocycles. The molecule has 1 heterocycles. The van der Waals surface area contributed by atoms with Crippen molar-refractivity contribution >= 4 is 23.0 Å².